The third-order valence-corrected chi connectivity index (χ3v) is 7.08. The zero-order valence-electron chi connectivity index (χ0n) is 18.0. The lowest BCUT2D eigenvalue weighted by molar-refractivity contribution is -0.137. The zero-order chi connectivity index (χ0) is 21.9. The van der Waals surface area contributed by atoms with E-state index in [0.717, 1.165) is 50.7 Å². The molecular formula is C22H28F3N5O. The largest absolute Gasteiger partial charge is 0.417 e. The van der Waals surface area contributed by atoms with Gasteiger partial charge in [-0.25, -0.2) is 9.67 Å². The van der Waals surface area contributed by atoms with Gasteiger partial charge in [0, 0.05) is 48.5 Å². The van der Waals surface area contributed by atoms with Crippen LogP contribution in [0.25, 0.3) is 11.4 Å². The number of hydrogen-bond acceptors (Lipinski definition) is 5. The fraction of sp³-hybridized carbons (Fsp3) is 0.682. The molecular weight excluding hydrogens is 407 g/mol. The molecule has 2 aromatic heterocycles. The van der Waals surface area contributed by atoms with Gasteiger partial charge in [0.2, 0.25) is 0 Å². The number of ether oxygens (including phenoxy) is 1. The van der Waals surface area contributed by atoms with Crippen molar-refractivity contribution in [1.82, 2.24) is 24.6 Å². The van der Waals surface area contributed by atoms with Crippen LogP contribution >= 0.6 is 0 Å². The van der Waals surface area contributed by atoms with Crippen molar-refractivity contribution in [2.45, 2.75) is 63.8 Å². The van der Waals surface area contributed by atoms with Crippen molar-refractivity contribution >= 4 is 0 Å². The average Bonchev–Trinajstić information content (AvgIpc) is 3.09. The van der Waals surface area contributed by atoms with Gasteiger partial charge in [-0.2, -0.15) is 18.3 Å². The van der Waals surface area contributed by atoms with Crippen LogP contribution in [0.5, 0.6) is 0 Å². The summed E-state index contributed by atoms with van der Waals surface area (Å²) in [6.45, 7) is 8.88. The van der Waals surface area contributed by atoms with Crippen molar-refractivity contribution in [2.75, 3.05) is 19.8 Å². The summed E-state index contributed by atoms with van der Waals surface area (Å²) in [5.74, 6) is 2.73. The molecule has 1 aliphatic heterocycles. The summed E-state index contributed by atoms with van der Waals surface area (Å²) in [7, 11) is 0. The molecule has 3 heterocycles. The standard InChI is InChI=1S/C22H28F3N5O/c1-12(2)30-21(27-20(28-30)14-6-15(10-26-9-14)22(23,24)25)19-17-7-16(8-18(17)19)29-4-5-31-11-13(29)3/h6,9-10,12-13,16-19H,4-5,7-8,11H2,1-3H3/t13-,16?,17-,18+,19?/m1/s1. The van der Waals surface area contributed by atoms with E-state index in [-0.39, 0.29) is 6.04 Å². The Hall–Kier alpha value is -2.00. The number of pyridine rings is 1. The van der Waals surface area contributed by atoms with Gasteiger partial charge in [0.1, 0.15) is 5.82 Å². The van der Waals surface area contributed by atoms with Crippen molar-refractivity contribution in [1.29, 1.82) is 0 Å². The Morgan fingerprint density at radius 3 is 2.55 bits per heavy atom. The maximum absolute atomic E-state index is 13.1. The van der Waals surface area contributed by atoms with E-state index >= 15 is 0 Å². The van der Waals surface area contributed by atoms with Gasteiger partial charge in [0.25, 0.3) is 0 Å². The van der Waals surface area contributed by atoms with Gasteiger partial charge in [0.15, 0.2) is 5.82 Å². The van der Waals surface area contributed by atoms with E-state index in [0.29, 0.717) is 41.2 Å². The summed E-state index contributed by atoms with van der Waals surface area (Å²) in [6.07, 6.45) is 0.0895. The Labute approximate surface area is 179 Å². The van der Waals surface area contributed by atoms with Gasteiger partial charge in [-0.3, -0.25) is 9.88 Å². The van der Waals surface area contributed by atoms with Crippen LogP contribution in [0.3, 0.4) is 0 Å². The molecule has 2 aromatic rings. The molecule has 31 heavy (non-hydrogen) atoms. The number of hydrogen-bond donors (Lipinski definition) is 0. The van der Waals surface area contributed by atoms with Gasteiger partial charge in [0.05, 0.1) is 18.8 Å². The van der Waals surface area contributed by atoms with Gasteiger partial charge in [-0.15, -0.1) is 0 Å². The molecule has 0 N–H and O–H groups in total. The topological polar surface area (TPSA) is 56.1 Å². The Bertz CT molecular complexity index is 947. The molecule has 6 nitrogen and oxygen atoms in total. The molecule has 9 heteroatoms. The van der Waals surface area contributed by atoms with E-state index < -0.39 is 11.7 Å². The summed E-state index contributed by atoms with van der Waals surface area (Å²) in [5.41, 5.74) is -0.473. The number of halogens is 3. The lowest BCUT2D eigenvalue weighted by Crippen LogP contribution is -2.49. The Kier molecular flexibility index (Phi) is 5.08. The molecule has 168 valence electrons. The van der Waals surface area contributed by atoms with Crippen LogP contribution in [0, 0.1) is 11.8 Å². The van der Waals surface area contributed by atoms with Crippen LogP contribution < -0.4 is 0 Å². The van der Waals surface area contributed by atoms with Crippen LogP contribution in [0.2, 0.25) is 0 Å². The molecule has 3 fully saturated rings. The van der Waals surface area contributed by atoms with Gasteiger partial charge in [-0.05, 0) is 51.5 Å². The summed E-state index contributed by atoms with van der Waals surface area (Å²) in [4.78, 5) is 11.1. The third kappa shape index (κ3) is 3.75. The first-order valence-electron chi connectivity index (χ1n) is 11.1. The van der Waals surface area contributed by atoms with E-state index in [1.54, 1.807) is 0 Å². The Balaban J connectivity index is 1.37. The predicted octanol–water partition coefficient (Wildman–Crippen LogP) is 4.15. The number of fused-ring (bicyclic) bond motifs is 1. The van der Waals surface area contributed by atoms with Crippen molar-refractivity contribution in [3.05, 3.63) is 29.8 Å². The number of alkyl halides is 3. The number of rotatable bonds is 4. The van der Waals surface area contributed by atoms with E-state index in [9.17, 15) is 13.2 Å². The molecule has 2 saturated carbocycles. The van der Waals surface area contributed by atoms with Gasteiger partial charge < -0.3 is 4.74 Å². The molecule has 5 rings (SSSR count). The van der Waals surface area contributed by atoms with Crippen molar-refractivity contribution in [3.8, 4) is 11.4 Å². The summed E-state index contributed by atoms with van der Waals surface area (Å²) >= 11 is 0. The maximum atomic E-state index is 13.1. The fourth-order valence-corrected chi connectivity index (χ4v) is 5.53. The average molecular weight is 435 g/mol. The molecule has 0 radical (unpaired) electrons. The van der Waals surface area contributed by atoms with Crippen molar-refractivity contribution < 1.29 is 17.9 Å². The highest BCUT2D eigenvalue weighted by Crippen LogP contribution is 2.64. The molecule has 0 bridgehead atoms. The minimum atomic E-state index is -4.44. The molecule has 0 amide bonds. The second-order valence-corrected chi connectivity index (χ2v) is 9.43. The first-order chi connectivity index (χ1) is 14.7. The lowest BCUT2D eigenvalue weighted by Gasteiger charge is -2.38. The zero-order valence-corrected chi connectivity index (χ0v) is 18.0. The minimum absolute atomic E-state index is 0.0893. The minimum Gasteiger partial charge on any atom is -0.379 e. The van der Waals surface area contributed by atoms with E-state index in [1.807, 2.05) is 18.5 Å². The van der Waals surface area contributed by atoms with Crippen LogP contribution in [0.15, 0.2) is 18.5 Å². The fourth-order valence-electron chi connectivity index (χ4n) is 5.53. The van der Waals surface area contributed by atoms with Crippen LogP contribution in [-0.4, -0.2) is 56.5 Å². The highest BCUT2D eigenvalue weighted by Gasteiger charge is 2.59. The summed E-state index contributed by atoms with van der Waals surface area (Å²) in [6, 6.07) is 2.22. The monoisotopic (exact) mass is 435 g/mol. The van der Waals surface area contributed by atoms with Crippen molar-refractivity contribution in [2.24, 2.45) is 11.8 Å². The number of nitrogens with zero attached hydrogens (tertiary/aromatic N) is 5. The molecule has 0 spiro atoms. The molecule has 2 unspecified atom stereocenters. The Morgan fingerprint density at radius 2 is 1.90 bits per heavy atom. The smallest absolute Gasteiger partial charge is 0.379 e. The van der Waals surface area contributed by atoms with E-state index in [4.69, 9.17) is 9.72 Å². The van der Waals surface area contributed by atoms with E-state index in [2.05, 4.69) is 21.9 Å². The van der Waals surface area contributed by atoms with Crippen LogP contribution in [0.1, 0.15) is 57.0 Å². The highest BCUT2D eigenvalue weighted by molar-refractivity contribution is 5.54. The summed E-state index contributed by atoms with van der Waals surface area (Å²) < 4.78 is 46.8. The quantitative estimate of drug-likeness (QED) is 0.722. The van der Waals surface area contributed by atoms with Crippen molar-refractivity contribution in [3.63, 3.8) is 0 Å². The van der Waals surface area contributed by atoms with E-state index in [1.165, 1.54) is 6.20 Å². The highest BCUT2D eigenvalue weighted by atomic mass is 19.4. The SMILES string of the molecule is CC(C)n1nc(-c2cncc(C(F)(F)F)c2)nc1C1[C@H]2CC(N3CCOC[C@H]3C)C[C@@H]12. The Morgan fingerprint density at radius 1 is 1.16 bits per heavy atom. The summed E-state index contributed by atoms with van der Waals surface area (Å²) in [5, 5.41) is 4.58. The second-order valence-electron chi connectivity index (χ2n) is 9.43. The van der Waals surface area contributed by atoms with Gasteiger partial charge in [-0.1, -0.05) is 0 Å². The predicted molar refractivity (Wildman–Crippen MR) is 108 cm³/mol. The first-order valence-corrected chi connectivity index (χ1v) is 11.1. The molecule has 5 atom stereocenters. The molecule has 0 aromatic carbocycles. The number of morpholine rings is 1. The first kappa shape index (κ1) is 20.9. The van der Waals surface area contributed by atoms with Crippen LogP contribution in [0.4, 0.5) is 13.2 Å². The van der Waals surface area contributed by atoms with Crippen LogP contribution in [-0.2, 0) is 10.9 Å². The third-order valence-electron chi connectivity index (χ3n) is 7.08. The normalized spacial score (nSPS) is 31.3. The molecule has 1 saturated heterocycles. The molecule has 3 aliphatic rings. The lowest BCUT2D eigenvalue weighted by atomic mass is 10.0. The number of aromatic nitrogens is 4. The van der Waals surface area contributed by atoms with Gasteiger partial charge >= 0.3 is 6.18 Å². The second kappa shape index (κ2) is 7.55. The maximum Gasteiger partial charge on any atom is 0.417 e. The molecule has 2 aliphatic carbocycles.